The maximum atomic E-state index is 12.4. The molecule has 1 aliphatic heterocycles. The van der Waals surface area contributed by atoms with E-state index in [4.69, 9.17) is 4.74 Å². The van der Waals surface area contributed by atoms with E-state index in [0.717, 1.165) is 43.7 Å². The molecule has 1 fully saturated rings. The first-order valence-corrected chi connectivity index (χ1v) is 8.70. The Kier molecular flexibility index (Phi) is 6.64. The van der Waals surface area contributed by atoms with Crippen molar-refractivity contribution in [1.29, 1.82) is 0 Å². The van der Waals surface area contributed by atoms with Gasteiger partial charge in [-0.1, -0.05) is 26.0 Å². The number of likely N-dealkylation sites (tertiary alicyclic amines) is 1. The van der Waals surface area contributed by atoms with Crippen LogP contribution in [0.2, 0.25) is 0 Å². The Morgan fingerprint density at radius 3 is 2.62 bits per heavy atom. The summed E-state index contributed by atoms with van der Waals surface area (Å²) in [5.41, 5.74) is 1.11. The lowest BCUT2D eigenvalue weighted by Gasteiger charge is -2.32. The number of aryl methyl sites for hydroxylation is 1. The van der Waals surface area contributed by atoms with Crippen LogP contribution in [0.4, 0.5) is 0 Å². The van der Waals surface area contributed by atoms with Gasteiger partial charge in [-0.2, -0.15) is 0 Å². The number of ether oxygens (including phenoxy) is 1. The molecule has 1 aromatic rings. The Hall–Kier alpha value is -2.04. The SMILES string of the molecule is COc1cccc(CCC(=O)N2CCC(NC(=O)C(C)C)CC2)c1. The van der Waals surface area contributed by atoms with Gasteiger partial charge in [0, 0.05) is 31.5 Å². The van der Waals surface area contributed by atoms with Crippen LogP contribution in [-0.4, -0.2) is 43.0 Å². The van der Waals surface area contributed by atoms with E-state index < -0.39 is 0 Å². The smallest absolute Gasteiger partial charge is 0.222 e. The lowest BCUT2D eigenvalue weighted by Crippen LogP contribution is -2.47. The van der Waals surface area contributed by atoms with Gasteiger partial charge < -0.3 is 15.0 Å². The molecule has 0 aromatic heterocycles. The molecule has 0 radical (unpaired) electrons. The van der Waals surface area contributed by atoms with Crippen LogP contribution >= 0.6 is 0 Å². The number of carbonyl (C=O) groups excluding carboxylic acids is 2. The molecule has 24 heavy (non-hydrogen) atoms. The predicted octanol–water partition coefficient (Wildman–Crippen LogP) is 2.39. The van der Waals surface area contributed by atoms with Crippen molar-refractivity contribution < 1.29 is 14.3 Å². The van der Waals surface area contributed by atoms with Crippen LogP contribution in [-0.2, 0) is 16.0 Å². The second-order valence-corrected chi connectivity index (χ2v) is 6.67. The average molecular weight is 332 g/mol. The van der Waals surface area contributed by atoms with Crippen LogP contribution in [0.5, 0.6) is 5.75 Å². The number of hydrogen-bond donors (Lipinski definition) is 1. The van der Waals surface area contributed by atoms with Gasteiger partial charge in [0.15, 0.2) is 0 Å². The largest absolute Gasteiger partial charge is 0.497 e. The summed E-state index contributed by atoms with van der Waals surface area (Å²) in [6.07, 6.45) is 2.91. The first-order valence-electron chi connectivity index (χ1n) is 8.70. The molecule has 1 saturated heterocycles. The van der Waals surface area contributed by atoms with Crippen LogP contribution < -0.4 is 10.1 Å². The minimum absolute atomic E-state index is 0.00697. The van der Waals surface area contributed by atoms with Gasteiger partial charge in [-0.3, -0.25) is 9.59 Å². The Balaban J connectivity index is 1.75. The molecular formula is C19H28N2O3. The molecule has 2 rings (SSSR count). The van der Waals surface area contributed by atoms with Gasteiger partial charge in [-0.05, 0) is 37.0 Å². The van der Waals surface area contributed by atoms with Crippen LogP contribution in [0.3, 0.4) is 0 Å². The number of benzene rings is 1. The zero-order chi connectivity index (χ0) is 17.5. The van der Waals surface area contributed by atoms with E-state index >= 15 is 0 Å². The molecule has 2 amide bonds. The number of amides is 2. The highest BCUT2D eigenvalue weighted by Crippen LogP contribution is 2.16. The minimum atomic E-state index is 0.00697. The van der Waals surface area contributed by atoms with Crippen LogP contribution in [0, 0.1) is 5.92 Å². The molecule has 0 saturated carbocycles. The molecule has 5 heteroatoms. The zero-order valence-electron chi connectivity index (χ0n) is 14.9. The highest BCUT2D eigenvalue weighted by atomic mass is 16.5. The predicted molar refractivity (Wildman–Crippen MR) is 93.9 cm³/mol. The maximum Gasteiger partial charge on any atom is 0.222 e. The van der Waals surface area contributed by atoms with Crippen molar-refractivity contribution in [3.63, 3.8) is 0 Å². The Bertz CT molecular complexity index is 563. The normalized spacial score (nSPS) is 15.4. The Labute approximate surface area is 144 Å². The van der Waals surface area contributed by atoms with Gasteiger partial charge in [0.2, 0.25) is 11.8 Å². The summed E-state index contributed by atoms with van der Waals surface area (Å²) in [4.78, 5) is 26.0. The van der Waals surface area contributed by atoms with Gasteiger partial charge in [-0.15, -0.1) is 0 Å². The van der Waals surface area contributed by atoms with Crippen LogP contribution in [0.25, 0.3) is 0 Å². The first-order chi connectivity index (χ1) is 11.5. The first kappa shape index (κ1) is 18.3. The third kappa shape index (κ3) is 5.25. The maximum absolute atomic E-state index is 12.4. The van der Waals surface area contributed by atoms with E-state index in [1.165, 1.54) is 0 Å². The van der Waals surface area contributed by atoms with E-state index in [1.54, 1.807) is 7.11 Å². The number of hydrogen-bond acceptors (Lipinski definition) is 3. The fourth-order valence-electron chi connectivity index (χ4n) is 2.88. The monoisotopic (exact) mass is 332 g/mol. The van der Waals surface area contributed by atoms with E-state index in [9.17, 15) is 9.59 Å². The molecule has 0 aliphatic carbocycles. The number of piperidine rings is 1. The summed E-state index contributed by atoms with van der Waals surface area (Å²) in [6.45, 7) is 5.24. The van der Waals surface area contributed by atoms with E-state index in [1.807, 2.05) is 43.0 Å². The number of nitrogens with one attached hydrogen (secondary N) is 1. The molecule has 1 heterocycles. The second kappa shape index (κ2) is 8.71. The molecule has 0 atom stereocenters. The quantitative estimate of drug-likeness (QED) is 0.870. The summed E-state index contributed by atoms with van der Waals surface area (Å²) in [5, 5.41) is 3.06. The summed E-state index contributed by atoms with van der Waals surface area (Å²) >= 11 is 0. The third-order valence-electron chi connectivity index (χ3n) is 4.48. The van der Waals surface area contributed by atoms with Gasteiger partial charge in [0.1, 0.15) is 5.75 Å². The molecular weight excluding hydrogens is 304 g/mol. The molecule has 1 N–H and O–H groups in total. The van der Waals surface area contributed by atoms with Crippen molar-refractivity contribution in [3.8, 4) is 5.75 Å². The zero-order valence-corrected chi connectivity index (χ0v) is 14.9. The van der Waals surface area contributed by atoms with Crippen molar-refractivity contribution in [1.82, 2.24) is 10.2 Å². The summed E-state index contributed by atoms with van der Waals surface area (Å²) in [5.74, 6) is 1.11. The Morgan fingerprint density at radius 1 is 1.29 bits per heavy atom. The highest BCUT2D eigenvalue weighted by Gasteiger charge is 2.24. The summed E-state index contributed by atoms with van der Waals surface area (Å²) < 4.78 is 5.21. The average Bonchev–Trinajstić information content (AvgIpc) is 2.60. The number of rotatable bonds is 6. The number of nitrogens with zero attached hydrogens (tertiary/aromatic N) is 1. The molecule has 1 aliphatic rings. The molecule has 0 unspecified atom stereocenters. The fraction of sp³-hybridized carbons (Fsp3) is 0.579. The third-order valence-corrected chi connectivity index (χ3v) is 4.48. The van der Waals surface area contributed by atoms with Crippen molar-refractivity contribution in [2.45, 2.75) is 45.6 Å². The van der Waals surface area contributed by atoms with Crippen molar-refractivity contribution in [2.75, 3.05) is 20.2 Å². The standard InChI is InChI=1S/C19H28N2O3/c1-14(2)19(23)20-16-9-11-21(12-10-16)18(22)8-7-15-5-4-6-17(13-15)24-3/h4-6,13-14,16H,7-12H2,1-3H3,(H,20,23). The van der Waals surface area contributed by atoms with Crippen molar-refractivity contribution in [3.05, 3.63) is 29.8 Å². The van der Waals surface area contributed by atoms with Crippen LogP contribution in [0.15, 0.2) is 24.3 Å². The number of methoxy groups -OCH3 is 1. The van der Waals surface area contributed by atoms with Crippen molar-refractivity contribution in [2.24, 2.45) is 5.92 Å². The topological polar surface area (TPSA) is 58.6 Å². The van der Waals surface area contributed by atoms with E-state index in [-0.39, 0.29) is 23.8 Å². The Morgan fingerprint density at radius 2 is 2.00 bits per heavy atom. The van der Waals surface area contributed by atoms with E-state index in [2.05, 4.69) is 5.32 Å². The molecule has 1 aromatic carbocycles. The highest BCUT2D eigenvalue weighted by molar-refractivity contribution is 5.78. The van der Waals surface area contributed by atoms with Gasteiger partial charge >= 0.3 is 0 Å². The fourth-order valence-corrected chi connectivity index (χ4v) is 2.88. The summed E-state index contributed by atoms with van der Waals surface area (Å²) in [6, 6.07) is 8.04. The van der Waals surface area contributed by atoms with Crippen molar-refractivity contribution >= 4 is 11.8 Å². The molecule has 0 bridgehead atoms. The van der Waals surface area contributed by atoms with Crippen LogP contribution in [0.1, 0.15) is 38.7 Å². The minimum Gasteiger partial charge on any atom is -0.497 e. The molecule has 0 spiro atoms. The van der Waals surface area contributed by atoms with Gasteiger partial charge in [0.25, 0.3) is 0 Å². The van der Waals surface area contributed by atoms with Gasteiger partial charge in [-0.25, -0.2) is 0 Å². The lowest BCUT2D eigenvalue weighted by atomic mass is 10.0. The van der Waals surface area contributed by atoms with Gasteiger partial charge in [0.05, 0.1) is 7.11 Å². The number of carbonyl (C=O) groups is 2. The summed E-state index contributed by atoms with van der Waals surface area (Å²) in [7, 11) is 1.65. The lowest BCUT2D eigenvalue weighted by molar-refractivity contribution is -0.132. The molecule has 132 valence electrons. The second-order valence-electron chi connectivity index (χ2n) is 6.67. The molecule has 5 nitrogen and oxygen atoms in total. The van der Waals surface area contributed by atoms with E-state index in [0.29, 0.717) is 6.42 Å².